The number of fused-ring (bicyclic) bond motifs is 1. The van der Waals surface area contributed by atoms with Gasteiger partial charge < -0.3 is 23.9 Å². The molecule has 7 rings (SSSR count). The molecule has 1 saturated heterocycles. The average molecular weight is 722 g/mol. The van der Waals surface area contributed by atoms with Gasteiger partial charge in [0.2, 0.25) is 0 Å². The van der Waals surface area contributed by atoms with Crippen LogP contribution in [0.5, 0.6) is 5.75 Å². The fourth-order valence-corrected chi connectivity index (χ4v) is 13.2. The summed E-state index contributed by atoms with van der Waals surface area (Å²) in [4.78, 5) is 17.7. The van der Waals surface area contributed by atoms with Crippen molar-refractivity contribution in [3.63, 3.8) is 0 Å². The number of benzene rings is 3. The lowest BCUT2D eigenvalue weighted by Gasteiger charge is -2.43. The van der Waals surface area contributed by atoms with Crippen LogP contribution in [-0.2, 0) is 13.0 Å². The van der Waals surface area contributed by atoms with Gasteiger partial charge in [0.1, 0.15) is 5.75 Å². The Balaban J connectivity index is 0.929. The molecule has 0 spiro atoms. The number of rotatable bonds is 16. The first-order valence-electron chi connectivity index (χ1n) is 20.4. The van der Waals surface area contributed by atoms with E-state index in [4.69, 9.17) is 9.26 Å². The van der Waals surface area contributed by atoms with E-state index in [9.17, 15) is 4.80 Å². The monoisotopic (exact) mass is 721 g/mol. The fraction of sp³-hybridized carbons (Fsp3) is 0.578. The van der Waals surface area contributed by atoms with E-state index in [-0.39, 0.29) is 5.04 Å². The van der Waals surface area contributed by atoms with Gasteiger partial charge in [-0.3, -0.25) is 0 Å². The van der Waals surface area contributed by atoms with Gasteiger partial charge >= 0.3 is 0 Å². The first kappa shape index (κ1) is 37.3. The van der Waals surface area contributed by atoms with Crippen LogP contribution in [0, 0.1) is 23.7 Å². The van der Waals surface area contributed by atoms with Crippen molar-refractivity contribution in [2.24, 2.45) is 23.7 Å². The van der Waals surface area contributed by atoms with Gasteiger partial charge in [-0.05, 0) is 136 Å². The molecule has 0 amide bonds. The molecule has 7 heteroatoms. The molecule has 0 bridgehead atoms. The molecule has 1 N–H and O–H groups in total. The molecule has 3 aromatic carbocycles. The van der Waals surface area contributed by atoms with Gasteiger partial charge in [0.05, 0.1) is 17.9 Å². The molecule has 1 aromatic heterocycles. The molecule has 280 valence electrons. The van der Waals surface area contributed by atoms with Crippen molar-refractivity contribution in [2.75, 3.05) is 40.3 Å². The minimum Gasteiger partial charge on any atom is -0.493 e. The molecule has 4 aromatic rings. The lowest BCUT2D eigenvalue weighted by atomic mass is 9.75. The van der Waals surface area contributed by atoms with Crippen LogP contribution in [0.15, 0.2) is 77.3 Å². The Bertz CT molecular complexity index is 1670. The smallest absolute Gasteiger partial charge is 0.258 e. The molecule has 1 aliphatic heterocycles. The normalized spacial score (nSPS) is 20.9. The number of hydrogen-bond donors (Lipinski definition) is 1. The summed E-state index contributed by atoms with van der Waals surface area (Å²) in [5, 5.41) is 7.85. The van der Waals surface area contributed by atoms with Gasteiger partial charge in [-0.1, -0.05) is 98.9 Å². The molecule has 2 atom stereocenters. The minimum absolute atomic E-state index is 0.175. The molecule has 6 nitrogen and oxygen atoms in total. The highest BCUT2D eigenvalue weighted by Gasteiger charge is 2.50. The summed E-state index contributed by atoms with van der Waals surface area (Å²) in [6, 6.07) is 25.4. The molecular formula is C45H63N3O3Si. The van der Waals surface area contributed by atoms with Crippen LogP contribution >= 0.6 is 0 Å². The third kappa shape index (κ3) is 8.54. The average Bonchev–Trinajstić information content (AvgIpc) is 3.91. The summed E-state index contributed by atoms with van der Waals surface area (Å²) in [7, 11) is 1.23. The van der Waals surface area contributed by atoms with Gasteiger partial charge in [-0.2, -0.15) is 0 Å². The molecule has 0 radical (unpaired) electrons. The lowest BCUT2D eigenvalue weighted by molar-refractivity contribution is 0.109. The third-order valence-electron chi connectivity index (χ3n) is 13.0. The quantitative estimate of drug-likeness (QED) is 0.117. The van der Waals surface area contributed by atoms with Crippen LogP contribution in [-0.4, -0.2) is 68.4 Å². The summed E-state index contributed by atoms with van der Waals surface area (Å²) in [5.74, 6) is 3.92. The van der Waals surface area contributed by atoms with E-state index in [0.29, 0.717) is 0 Å². The zero-order valence-corrected chi connectivity index (χ0v) is 33.4. The Kier molecular flexibility index (Phi) is 11.9. The van der Waals surface area contributed by atoms with Crippen molar-refractivity contribution >= 4 is 29.7 Å². The Morgan fingerprint density at radius 3 is 2.12 bits per heavy atom. The summed E-state index contributed by atoms with van der Waals surface area (Å²) >= 11 is 0. The number of ether oxygens (including phenoxy) is 1. The number of aromatic nitrogens is 1. The van der Waals surface area contributed by atoms with Crippen molar-refractivity contribution in [1.29, 1.82) is 0 Å². The van der Waals surface area contributed by atoms with E-state index in [1.54, 1.807) is 0 Å². The molecule has 2 heterocycles. The van der Waals surface area contributed by atoms with Gasteiger partial charge in [0, 0.05) is 18.5 Å². The van der Waals surface area contributed by atoms with E-state index in [2.05, 4.69) is 116 Å². The molecule has 3 fully saturated rings. The maximum absolute atomic E-state index is 12.7. The minimum atomic E-state index is -2.98. The fourth-order valence-electron chi connectivity index (χ4n) is 9.43. The Morgan fingerprint density at radius 2 is 1.48 bits per heavy atom. The maximum Gasteiger partial charge on any atom is 0.258 e. The zero-order chi connectivity index (χ0) is 36.1. The largest absolute Gasteiger partial charge is 0.493 e. The van der Waals surface area contributed by atoms with Crippen molar-refractivity contribution in [3.8, 4) is 5.75 Å². The van der Waals surface area contributed by atoms with Crippen LogP contribution in [0.3, 0.4) is 0 Å². The zero-order valence-electron chi connectivity index (χ0n) is 32.4. The van der Waals surface area contributed by atoms with Crippen LogP contribution < -0.4 is 15.1 Å². The van der Waals surface area contributed by atoms with Crippen molar-refractivity contribution < 1.29 is 14.1 Å². The molecule has 3 aliphatic rings. The van der Waals surface area contributed by atoms with E-state index in [0.717, 1.165) is 88.0 Å². The Hall–Kier alpha value is -2.97. The topological polar surface area (TPSA) is 62.0 Å². The number of piperidine rings is 1. The molecule has 52 heavy (non-hydrogen) atoms. The second kappa shape index (κ2) is 16.6. The van der Waals surface area contributed by atoms with Crippen molar-refractivity contribution in [1.82, 2.24) is 15.0 Å². The van der Waals surface area contributed by atoms with Gasteiger partial charge in [0.25, 0.3) is 8.32 Å². The first-order valence-corrected chi connectivity index (χ1v) is 22.4. The number of aryl methyl sites for hydroxylation is 1. The van der Waals surface area contributed by atoms with Crippen LogP contribution in [0.2, 0.25) is 5.04 Å². The molecular weight excluding hydrogens is 659 g/mol. The number of hydrogen-bond acceptors (Lipinski definition) is 6. The number of likely N-dealkylation sites (tertiary alicyclic amines) is 1. The third-order valence-corrected chi connectivity index (χ3v) is 17.5. The van der Waals surface area contributed by atoms with Gasteiger partial charge in [-0.15, -0.1) is 0 Å². The summed E-state index contributed by atoms with van der Waals surface area (Å²) in [5.41, 5.74) is 3.14. The summed E-state index contributed by atoms with van der Waals surface area (Å²) < 4.78 is 12.3. The second-order valence-corrected chi connectivity index (χ2v) is 21.4. The van der Waals surface area contributed by atoms with Crippen LogP contribution in [0.4, 0.5) is 0 Å². The highest BCUT2D eigenvalue weighted by molar-refractivity contribution is 6.98. The van der Waals surface area contributed by atoms with Gasteiger partial charge in [0.15, 0.2) is 5.58 Å². The molecule has 2 saturated carbocycles. The predicted octanol–water partition coefficient (Wildman–Crippen LogP) is 8.44. The summed E-state index contributed by atoms with van der Waals surface area (Å²) in [6.07, 6.45) is 15.0. The standard InChI is InChI=1S/C45H63N3O3Si/c1-45(2,52(49,38-15-7-5-8-16-38)39-17-9-6-10-18-39)28-25-36-13-11-12-14-37(36)31-48-29-26-34(27-30-48)21-23-42-40-22-24-43(50-33-35-19-20-35)41(32-47(3)4)44(40)51-46-42/h5-10,15-18,22,24,34-37,49H,11-14,19-21,23,25-33H2,1-4H3/t36-,37+/m0/s1. The highest BCUT2D eigenvalue weighted by atomic mass is 28.4. The Labute approximate surface area is 314 Å². The Morgan fingerprint density at radius 1 is 0.827 bits per heavy atom. The van der Waals surface area contributed by atoms with E-state index >= 15 is 0 Å². The highest BCUT2D eigenvalue weighted by Crippen LogP contribution is 2.44. The van der Waals surface area contributed by atoms with E-state index < -0.39 is 8.32 Å². The molecule has 2 aliphatic carbocycles. The predicted molar refractivity (Wildman–Crippen MR) is 216 cm³/mol. The van der Waals surface area contributed by atoms with Crippen LogP contribution in [0.25, 0.3) is 11.0 Å². The first-order chi connectivity index (χ1) is 25.2. The number of nitrogens with zero attached hydrogens (tertiary/aromatic N) is 3. The summed E-state index contributed by atoms with van der Waals surface area (Å²) in [6.45, 7) is 9.94. The van der Waals surface area contributed by atoms with Crippen molar-refractivity contribution in [3.05, 3.63) is 84.1 Å². The molecule has 0 unspecified atom stereocenters. The van der Waals surface area contributed by atoms with E-state index in [1.807, 2.05) is 0 Å². The van der Waals surface area contributed by atoms with Gasteiger partial charge in [-0.25, -0.2) is 0 Å². The van der Waals surface area contributed by atoms with E-state index in [1.165, 1.54) is 83.8 Å². The van der Waals surface area contributed by atoms with Crippen molar-refractivity contribution in [2.45, 2.75) is 102 Å². The second-order valence-electron chi connectivity index (χ2n) is 17.5. The SMILES string of the molecule is CN(C)Cc1c(OCC2CC2)ccc2c(CCC3CCN(C[C@H]4CCCC[C@H]4CCC(C)(C)[Si](O)(c4ccccc4)c4ccccc4)CC3)noc12. The maximum atomic E-state index is 12.7. The lowest BCUT2D eigenvalue weighted by Crippen LogP contribution is -2.65. The van der Waals surface area contributed by atoms with Crippen LogP contribution in [0.1, 0.15) is 95.7 Å².